The van der Waals surface area contributed by atoms with Crippen LogP contribution in [0, 0.1) is 0 Å². The smallest absolute Gasteiger partial charge is 0.276 e. The standard InChI is InChI=1S/C22H21N5O4/c23-21(29)20-19(24-10-11-27(20)16-4-2-1-3-5-16)22(30)25-15-6-8-17(9-7-15)26-12-13-31-14-18(26)28/h1-10H,11-14H2,(H2,23,29)(H,25,30). The van der Waals surface area contributed by atoms with Crippen LogP contribution in [0.4, 0.5) is 17.1 Å². The number of amides is 3. The monoisotopic (exact) mass is 419 g/mol. The van der Waals surface area contributed by atoms with Gasteiger partial charge in [-0.1, -0.05) is 18.2 Å². The fourth-order valence-electron chi connectivity index (χ4n) is 3.46. The van der Waals surface area contributed by atoms with Crippen LogP contribution in [0.5, 0.6) is 0 Å². The maximum absolute atomic E-state index is 12.9. The van der Waals surface area contributed by atoms with Crippen molar-refractivity contribution in [3.05, 3.63) is 66.0 Å². The van der Waals surface area contributed by atoms with Crippen LogP contribution >= 0.6 is 0 Å². The van der Waals surface area contributed by atoms with Crippen LogP contribution < -0.4 is 20.9 Å². The first-order valence-electron chi connectivity index (χ1n) is 9.73. The zero-order chi connectivity index (χ0) is 21.8. The minimum Gasteiger partial charge on any atom is -0.370 e. The second kappa shape index (κ2) is 8.80. The van der Waals surface area contributed by atoms with Crippen LogP contribution in [0.2, 0.25) is 0 Å². The first-order valence-corrected chi connectivity index (χ1v) is 9.73. The Hall–Kier alpha value is -3.98. The lowest BCUT2D eigenvalue weighted by Gasteiger charge is -2.28. The van der Waals surface area contributed by atoms with Crippen molar-refractivity contribution in [3.63, 3.8) is 0 Å². The largest absolute Gasteiger partial charge is 0.370 e. The van der Waals surface area contributed by atoms with Crippen molar-refractivity contribution in [2.45, 2.75) is 0 Å². The number of carbonyl (C=O) groups excluding carboxylic acids is 3. The molecule has 2 aliphatic rings. The molecule has 0 aromatic heterocycles. The molecule has 0 unspecified atom stereocenters. The number of anilines is 3. The topological polar surface area (TPSA) is 117 Å². The predicted octanol–water partition coefficient (Wildman–Crippen LogP) is 1.28. The lowest BCUT2D eigenvalue weighted by molar-refractivity contribution is -0.125. The second-order valence-corrected chi connectivity index (χ2v) is 6.92. The molecule has 4 rings (SSSR count). The summed E-state index contributed by atoms with van der Waals surface area (Å²) < 4.78 is 5.14. The maximum atomic E-state index is 12.9. The number of benzene rings is 2. The number of rotatable bonds is 5. The van der Waals surface area contributed by atoms with Crippen molar-refractivity contribution in [2.24, 2.45) is 10.7 Å². The summed E-state index contributed by atoms with van der Waals surface area (Å²) in [7, 11) is 0. The summed E-state index contributed by atoms with van der Waals surface area (Å²) in [5, 5.41) is 2.74. The zero-order valence-corrected chi connectivity index (χ0v) is 16.7. The van der Waals surface area contributed by atoms with Crippen LogP contribution in [0.3, 0.4) is 0 Å². The van der Waals surface area contributed by atoms with Crippen molar-refractivity contribution >= 4 is 41.0 Å². The van der Waals surface area contributed by atoms with Gasteiger partial charge in [0.15, 0.2) is 5.70 Å². The highest BCUT2D eigenvalue weighted by Crippen LogP contribution is 2.25. The van der Waals surface area contributed by atoms with Gasteiger partial charge in [-0.15, -0.1) is 0 Å². The van der Waals surface area contributed by atoms with Gasteiger partial charge in [0.05, 0.1) is 13.2 Å². The van der Waals surface area contributed by atoms with Gasteiger partial charge < -0.3 is 25.6 Å². The fraction of sp³-hybridized carbons (Fsp3) is 0.182. The highest BCUT2D eigenvalue weighted by molar-refractivity contribution is 6.12. The van der Waals surface area contributed by atoms with E-state index < -0.39 is 11.8 Å². The summed E-state index contributed by atoms with van der Waals surface area (Å²) >= 11 is 0. The van der Waals surface area contributed by atoms with E-state index in [1.807, 2.05) is 30.3 Å². The number of hydrogen-bond acceptors (Lipinski definition) is 6. The van der Waals surface area contributed by atoms with Gasteiger partial charge in [-0.05, 0) is 36.4 Å². The SMILES string of the molecule is NC(=O)C1=C(C(=O)Nc2ccc(N3CCOCC3=O)cc2)N=CCN1c1ccccc1. The molecule has 2 heterocycles. The Labute approximate surface area is 178 Å². The Morgan fingerprint density at radius 1 is 1.00 bits per heavy atom. The minimum absolute atomic E-state index is 0.0294. The second-order valence-electron chi connectivity index (χ2n) is 6.92. The van der Waals surface area contributed by atoms with E-state index >= 15 is 0 Å². The van der Waals surface area contributed by atoms with E-state index in [4.69, 9.17) is 10.5 Å². The molecule has 2 aromatic carbocycles. The number of morpholine rings is 1. The third-order valence-electron chi connectivity index (χ3n) is 4.92. The molecule has 1 saturated heterocycles. The van der Waals surface area contributed by atoms with Crippen molar-refractivity contribution in [1.82, 2.24) is 0 Å². The highest BCUT2D eigenvalue weighted by atomic mass is 16.5. The summed E-state index contributed by atoms with van der Waals surface area (Å²) in [6, 6.07) is 16.0. The zero-order valence-electron chi connectivity index (χ0n) is 16.7. The molecule has 0 radical (unpaired) electrons. The van der Waals surface area contributed by atoms with Crippen LogP contribution in [0.25, 0.3) is 0 Å². The molecule has 31 heavy (non-hydrogen) atoms. The number of nitrogens with one attached hydrogen (secondary N) is 1. The molecule has 0 aliphatic carbocycles. The van der Waals surface area contributed by atoms with Crippen molar-refractivity contribution in [1.29, 1.82) is 0 Å². The number of nitrogens with two attached hydrogens (primary N) is 1. The maximum Gasteiger partial charge on any atom is 0.276 e. The summed E-state index contributed by atoms with van der Waals surface area (Å²) in [6.45, 7) is 1.33. The molecule has 1 fully saturated rings. The van der Waals surface area contributed by atoms with Gasteiger partial charge in [-0.25, -0.2) is 0 Å². The summed E-state index contributed by atoms with van der Waals surface area (Å²) in [5.41, 5.74) is 7.51. The Morgan fingerprint density at radius 2 is 1.71 bits per heavy atom. The first-order chi connectivity index (χ1) is 15.0. The number of aliphatic imine (C=N–C) groups is 1. The number of nitrogens with zero attached hydrogens (tertiary/aromatic N) is 3. The van der Waals surface area contributed by atoms with Gasteiger partial charge in [0.2, 0.25) is 0 Å². The normalized spacial score (nSPS) is 16.5. The molecule has 2 aromatic rings. The first kappa shape index (κ1) is 20.3. The number of carbonyl (C=O) groups is 3. The summed E-state index contributed by atoms with van der Waals surface area (Å²) in [5.74, 6) is -1.41. The summed E-state index contributed by atoms with van der Waals surface area (Å²) in [4.78, 5) is 44.5. The molecule has 0 bridgehead atoms. The van der Waals surface area contributed by atoms with E-state index in [-0.39, 0.29) is 23.9 Å². The predicted molar refractivity (Wildman–Crippen MR) is 117 cm³/mol. The molecular weight excluding hydrogens is 398 g/mol. The van der Waals surface area contributed by atoms with Crippen LogP contribution in [0.15, 0.2) is 71.0 Å². The minimum atomic E-state index is -0.743. The molecule has 9 heteroatoms. The molecule has 158 valence electrons. The van der Waals surface area contributed by atoms with Gasteiger partial charge >= 0.3 is 0 Å². The molecule has 0 atom stereocenters. The van der Waals surface area contributed by atoms with E-state index in [1.165, 1.54) is 0 Å². The van der Waals surface area contributed by atoms with Crippen molar-refractivity contribution in [3.8, 4) is 0 Å². The van der Waals surface area contributed by atoms with E-state index in [0.29, 0.717) is 31.1 Å². The third kappa shape index (κ3) is 4.31. The van der Waals surface area contributed by atoms with Gasteiger partial charge in [-0.2, -0.15) is 0 Å². The Morgan fingerprint density at radius 3 is 2.39 bits per heavy atom. The average Bonchev–Trinajstić information content (AvgIpc) is 2.80. The Kier molecular flexibility index (Phi) is 5.76. The molecule has 0 saturated carbocycles. The van der Waals surface area contributed by atoms with E-state index in [0.717, 1.165) is 5.69 Å². The van der Waals surface area contributed by atoms with Crippen LogP contribution in [0.1, 0.15) is 0 Å². The van der Waals surface area contributed by atoms with Crippen molar-refractivity contribution < 1.29 is 19.1 Å². The van der Waals surface area contributed by atoms with Gasteiger partial charge in [-0.3, -0.25) is 19.4 Å². The number of hydrogen-bond donors (Lipinski definition) is 2. The fourth-order valence-corrected chi connectivity index (χ4v) is 3.46. The van der Waals surface area contributed by atoms with E-state index in [1.54, 1.807) is 40.3 Å². The molecule has 3 amide bonds. The number of para-hydroxylation sites is 1. The van der Waals surface area contributed by atoms with E-state index in [2.05, 4.69) is 10.3 Å². The molecule has 3 N–H and O–H groups in total. The van der Waals surface area contributed by atoms with Gasteiger partial charge in [0, 0.05) is 29.8 Å². The quantitative estimate of drug-likeness (QED) is 0.757. The van der Waals surface area contributed by atoms with E-state index in [9.17, 15) is 14.4 Å². The lowest BCUT2D eigenvalue weighted by atomic mass is 10.1. The van der Waals surface area contributed by atoms with Crippen LogP contribution in [-0.4, -0.2) is 50.2 Å². The number of primary amides is 1. The third-order valence-corrected chi connectivity index (χ3v) is 4.92. The molecular formula is C22H21N5O4. The van der Waals surface area contributed by atoms with Crippen LogP contribution in [-0.2, 0) is 19.1 Å². The highest BCUT2D eigenvalue weighted by Gasteiger charge is 2.28. The molecule has 2 aliphatic heterocycles. The number of ether oxygens (including phenoxy) is 1. The Bertz CT molecular complexity index is 1060. The lowest BCUT2D eigenvalue weighted by Crippen LogP contribution is -2.41. The Balaban J connectivity index is 1.56. The summed E-state index contributed by atoms with van der Waals surface area (Å²) in [6.07, 6.45) is 1.56. The van der Waals surface area contributed by atoms with Gasteiger partial charge in [0.25, 0.3) is 17.7 Å². The van der Waals surface area contributed by atoms with Gasteiger partial charge in [0.1, 0.15) is 12.3 Å². The molecule has 0 spiro atoms. The average molecular weight is 419 g/mol. The van der Waals surface area contributed by atoms with Crippen molar-refractivity contribution in [2.75, 3.05) is 41.4 Å². The molecule has 9 nitrogen and oxygen atoms in total.